The third-order valence-corrected chi connectivity index (χ3v) is 5.29. The topological polar surface area (TPSA) is 116 Å². The Hall–Kier alpha value is -3.22. The van der Waals surface area contributed by atoms with Crippen LogP contribution in [0.15, 0.2) is 36.4 Å². The molecule has 7 heteroatoms. The van der Waals surface area contributed by atoms with Crippen LogP contribution in [0.2, 0.25) is 0 Å². The summed E-state index contributed by atoms with van der Waals surface area (Å²) in [4.78, 5) is 48.2. The van der Waals surface area contributed by atoms with Crippen LogP contribution >= 0.6 is 0 Å². The molecule has 0 aliphatic carbocycles. The Balaban J connectivity index is 2.17. The van der Waals surface area contributed by atoms with Crippen LogP contribution in [0.25, 0.3) is 10.8 Å². The Kier molecular flexibility index (Phi) is 7.69. The number of amides is 2. The second-order valence-electron chi connectivity index (χ2n) is 7.57. The number of nitrogens with one attached hydrogen (secondary N) is 1. The zero-order valence-electron chi connectivity index (χ0n) is 17.7. The summed E-state index contributed by atoms with van der Waals surface area (Å²) in [7, 11) is 1.60. The van der Waals surface area contributed by atoms with Crippen molar-refractivity contribution < 1.29 is 23.9 Å². The molecule has 2 amide bonds. The van der Waals surface area contributed by atoms with Crippen LogP contribution in [0.5, 0.6) is 5.75 Å². The van der Waals surface area contributed by atoms with Crippen LogP contribution in [0.1, 0.15) is 45.1 Å². The van der Waals surface area contributed by atoms with Crippen molar-refractivity contribution in [3.63, 3.8) is 0 Å². The number of fused-ring (bicyclic) bond motifs is 1. The molecule has 0 bridgehead atoms. The van der Waals surface area contributed by atoms with Crippen molar-refractivity contribution in [2.45, 2.75) is 45.6 Å². The predicted molar refractivity (Wildman–Crippen MR) is 114 cm³/mol. The minimum Gasteiger partial charge on any atom is -0.497 e. The smallest absolute Gasteiger partial charge is 0.224 e. The predicted octanol–water partition coefficient (Wildman–Crippen LogP) is 2.50. The van der Waals surface area contributed by atoms with Crippen LogP contribution in [-0.2, 0) is 19.2 Å². The highest BCUT2D eigenvalue weighted by molar-refractivity contribution is 5.95. The molecule has 30 heavy (non-hydrogen) atoms. The van der Waals surface area contributed by atoms with E-state index < -0.39 is 29.7 Å². The molecule has 3 atom stereocenters. The maximum absolute atomic E-state index is 12.9. The Bertz CT molecular complexity index is 969. The lowest BCUT2D eigenvalue weighted by atomic mass is 9.87. The number of ketones is 2. The number of hydrogen-bond acceptors (Lipinski definition) is 5. The third kappa shape index (κ3) is 5.89. The highest BCUT2D eigenvalue weighted by Gasteiger charge is 2.28. The number of benzene rings is 2. The summed E-state index contributed by atoms with van der Waals surface area (Å²) in [5.74, 6) is -2.23. The molecule has 2 aromatic carbocycles. The molecule has 0 spiro atoms. The molecular weight excluding hydrogens is 384 g/mol. The van der Waals surface area contributed by atoms with Crippen molar-refractivity contribution in [1.29, 1.82) is 0 Å². The summed E-state index contributed by atoms with van der Waals surface area (Å²) in [6, 6.07) is 10.7. The first-order valence-corrected chi connectivity index (χ1v) is 9.82. The highest BCUT2D eigenvalue weighted by atomic mass is 16.5. The molecule has 0 aliphatic rings. The fourth-order valence-electron chi connectivity index (χ4n) is 3.18. The SMILES string of the molecule is COc1ccc2cc(C(C)C(=O)C[C@H](CC(N)=O)C(=O)N[C@@H](C)C(C)=O)ccc2c1. The van der Waals surface area contributed by atoms with Gasteiger partial charge in [0, 0.05) is 18.8 Å². The number of nitrogens with two attached hydrogens (primary N) is 1. The Morgan fingerprint density at radius 1 is 1.00 bits per heavy atom. The summed E-state index contributed by atoms with van der Waals surface area (Å²) in [5.41, 5.74) is 6.08. The molecule has 2 aromatic rings. The van der Waals surface area contributed by atoms with E-state index in [1.54, 1.807) is 21.0 Å². The second-order valence-corrected chi connectivity index (χ2v) is 7.57. The van der Waals surface area contributed by atoms with Gasteiger partial charge in [-0.05, 0) is 42.3 Å². The molecular formula is C23H28N2O5. The van der Waals surface area contributed by atoms with E-state index in [4.69, 9.17) is 10.5 Å². The van der Waals surface area contributed by atoms with Crippen LogP contribution < -0.4 is 15.8 Å². The summed E-state index contributed by atoms with van der Waals surface area (Å²) >= 11 is 0. The molecule has 0 fully saturated rings. The van der Waals surface area contributed by atoms with Gasteiger partial charge in [0.1, 0.15) is 11.5 Å². The van der Waals surface area contributed by atoms with Crippen molar-refractivity contribution in [3.8, 4) is 5.75 Å². The average molecular weight is 412 g/mol. The molecule has 160 valence electrons. The number of carbonyl (C=O) groups excluding carboxylic acids is 4. The minimum atomic E-state index is -0.913. The first-order valence-electron chi connectivity index (χ1n) is 9.82. The van der Waals surface area contributed by atoms with E-state index in [9.17, 15) is 19.2 Å². The van der Waals surface area contributed by atoms with E-state index in [0.717, 1.165) is 22.1 Å². The van der Waals surface area contributed by atoms with Gasteiger partial charge in [0.05, 0.1) is 19.1 Å². The van der Waals surface area contributed by atoms with E-state index in [-0.39, 0.29) is 24.4 Å². The monoisotopic (exact) mass is 412 g/mol. The van der Waals surface area contributed by atoms with E-state index in [1.165, 1.54) is 6.92 Å². The van der Waals surface area contributed by atoms with Crippen molar-refractivity contribution in [1.82, 2.24) is 5.32 Å². The van der Waals surface area contributed by atoms with Crippen LogP contribution in [0.4, 0.5) is 0 Å². The molecule has 0 radical (unpaired) electrons. The normalized spacial score (nSPS) is 13.9. The molecule has 2 rings (SSSR count). The third-order valence-electron chi connectivity index (χ3n) is 5.29. The summed E-state index contributed by atoms with van der Waals surface area (Å²) in [5, 5.41) is 4.50. The zero-order valence-corrected chi connectivity index (χ0v) is 17.7. The van der Waals surface area contributed by atoms with Crippen LogP contribution in [0.3, 0.4) is 0 Å². The van der Waals surface area contributed by atoms with Gasteiger partial charge in [-0.1, -0.05) is 31.2 Å². The quantitative estimate of drug-likeness (QED) is 0.622. The average Bonchev–Trinajstić information content (AvgIpc) is 2.71. The number of ether oxygens (including phenoxy) is 1. The van der Waals surface area contributed by atoms with E-state index in [2.05, 4.69) is 5.32 Å². The van der Waals surface area contributed by atoms with Gasteiger partial charge in [0.25, 0.3) is 0 Å². The number of methoxy groups -OCH3 is 1. The molecule has 7 nitrogen and oxygen atoms in total. The molecule has 1 unspecified atom stereocenters. The van der Waals surface area contributed by atoms with Gasteiger partial charge in [-0.15, -0.1) is 0 Å². The van der Waals surface area contributed by atoms with Gasteiger partial charge in [0.2, 0.25) is 11.8 Å². The molecule has 0 heterocycles. The van der Waals surface area contributed by atoms with Crippen molar-refractivity contribution in [2.24, 2.45) is 11.7 Å². The van der Waals surface area contributed by atoms with Crippen molar-refractivity contribution in [3.05, 3.63) is 42.0 Å². The molecule has 0 aromatic heterocycles. The minimum absolute atomic E-state index is 0.138. The lowest BCUT2D eigenvalue weighted by Gasteiger charge is -2.19. The summed E-state index contributed by atoms with van der Waals surface area (Å²) < 4.78 is 5.23. The van der Waals surface area contributed by atoms with Crippen LogP contribution in [0, 0.1) is 5.92 Å². The molecule has 0 saturated carbocycles. The highest BCUT2D eigenvalue weighted by Crippen LogP contribution is 2.27. The van der Waals surface area contributed by atoms with Gasteiger partial charge in [0.15, 0.2) is 5.78 Å². The molecule has 0 aliphatic heterocycles. The maximum Gasteiger partial charge on any atom is 0.224 e. The van der Waals surface area contributed by atoms with Crippen molar-refractivity contribution >= 4 is 34.2 Å². The fourth-order valence-corrected chi connectivity index (χ4v) is 3.18. The standard InChI is InChI=1S/C23H28N2O5/c1-13(16-5-6-18-10-20(30-4)8-7-17(18)9-16)21(27)11-19(12-22(24)28)23(29)25-14(2)15(3)26/h5-10,13-14,19H,11-12H2,1-4H3,(H2,24,28)(H,25,29)/t13?,14-,19+/m0/s1. The largest absolute Gasteiger partial charge is 0.497 e. The van der Waals surface area contributed by atoms with E-state index in [1.807, 2.05) is 36.4 Å². The Morgan fingerprint density at radius 3 is 2.23 bits per heavy atom. The van der Waals surface area contributed by atoms with Gasteiger partial charge in [-0.25, -0.2) is 0 Å². The summed E-state index contributed by atoms with van der Waals surface area (Å²) in [6.45, 7) is 4.68. The van der Waals surface area contributed by atoms with Gasteiger partial charge >= 0.3 is 0 Å². The Labute approximate surface area is 176 Å². The lowest BCUT2D eigenvalue weighted by Crippen LogP contribution is -2.42. The first kappa shape index (κ1) is 23.1. The van der Waals surface area contributed by atoms with E-state index >= 15 is 0 Å². The molecule has 3 N–H and O–H groups in total. The maximum atomic E-state index is 12.9. The Morgan fingerprint density at radius 2 is 1.63 bits per heavy atom. The fraction of sp³-hybridized carbons (Fsp3) is 0.391. The van der Waals surface area contributed by atoms with Gasteiger partial charge in [-0.2, -0.15) is 0 Å². The van der Waals surface area contributed by atoms with Gasteiger partial charge < -0.3 is 15.8 Å². The molecule has 0 saturated heterocycles. The second kappa shape index (κ2) is 10.0. The number of rotatable bonds is 10. The summed E-state index contributed by atoms with van der Waals surface area (Å²) in [6.07, 6.45) is -0.395. The van der Waals surface area contributed by atoms with Crippen molar-refractivity contribution in [2.75, 3.05) is 7.11 Å². The van der Waals surface area contributed by atoms with E-state index in [0.29, 0.717) is 0 Å². The number of hydrogen-bond donors (Lipinski definition) is 2. The number of primary amides is 1. The van der Waals surface area contributed by atoms with Gasteiger partial charge in [-0.3, -0.25) is 19.2 Å². The number of Topliss-reactive ketones (excluding diaryl/α,β-unsaturated/α-hetero) is 2. The lowest BCUT2D eigenvalue weighted by molar-refractivity contribution is -0.134. The zero-order chi connectivity index (χ0) is 22.4. The number of carbonyl (C=O) groups is 4. The van der Waals surface area contributed by atoms with Crippen LogP contribution in [-0.4, -0.2) is 36.5 Å². The first-order chi connectivity index (χ1) is 14.1.